The van der Waals surface area contributed by atoms with Crippen molar-refractivity contribution in [1.82, 2.24) is 0 Å². The van der Waals surface area contributed by atoms with Gasteiger partial charge in [0.1, 0.15) is 5.75 Å². The van der Waals surface area contributed by atoms with Gasteiger partial charge in [0, 0.05) is 5.33 Å². The molecule has 0 spiro atoms. The van der Waals surface area contributed by atoms with Gasteiger partial charge in [-0.05, 0) is 30.9 Å². The van der Waals surface area contributed by atoms with Gasteiger partial charge in [0.05, 0.1) is 5.02 Å². The highest BCUT2D eigenvalue weighted by Crippen LogP contribution is 2.27. The van der Waals surface area contributed by atoms with Crippen LogP contribution < -0.4 is 0 Å². The minimum Gasteiger partial charge on any atom is -0.506 e. The van der Waals surface area contributed by atoms with Crippen LogP contribution in [0.15, 0.2) is 18.2 Å². The number of halogens is 2. The van der Waals surface area contributed by atoms with Gasteiger partial charge in [0.25, 0.3) is 0 Å². The molecular weight excluding hydrogens is 300 g/mol. The Morgan fingerprint density at radius 3 is 2.35 bits per heavy atom. The van der Waals surface area contributed by atoms with Gasteiger partial charge in [-0.25, -0.2) is 0 Å². The highest BCUT2D eigenvalue weighted by atomic mass is 79.9. The minimum absolute atomic E-state index is 0.196. The number of hydrogen-bond acceptors (Lipinski definition) is 1. The van der Waals surface area contributed by atoms with Crippen molar-refractivity contribution in [2.45, 2.75) is 44.9 Å². The van der Waals surface area contributed by atoms with Crippen molar-refractivity contribution in [1.29, 1.82) is 0 Å². The molecule has 0 aliphatic carbocycles. The molecule has 1 nitrogen and oxygen atoms in total. The second kappa shape index (κ2) is 8.82. The maximum absolute atomic E-state index is 9.46. The van der Waals surface area contributed by atoms with E-state index in [-0.39, 0.29) is 5.75 Å². The average Bonchev–Trinajstić information content (AvgIpc) is 2.33. The summed E-state index contributed by atoms with van der Waals surface area (Å²) in [6, 6.07) is 5.48. The largest absolute Gasteiger partial charge is 0.506 e. The standard InChI is InChI=1S/C14H20BrClO/c15-11-6-4-2-1-3-5-8-12-9-7-10-13(17)14(12)16/h7,9-10,17H,1-6,8,11H2. The lowest BCUT2D eigenvalue weighted by molar-refractivity contribution is 0.474. The van der Waals surface area contributed by atoms with Gasteiger partial charge in [-0.3, -0.25) is 0 Å². The highest BCUT2D eigenvalue weighted by molar-refractivity contribution is 9.09. The zero-order valence-electron chi connectivity index (χ0n) is 10.1. The Morgan fingerprint density at radius 2 is 1.65 bits per heavy atom. The van der Waals surface area contributed by atoms with E-state index in [1.807, 2.05) is 12.1 Å². The van der Waals surface area contributed by atoms with Crippen LogP contribution in [-0.4, -0.2) is 10.4 Å². The SMILES string of the molecule is Oc1cccc(CCCCCCCCBr)c1Cl. The summed E-state index contributed by atoms with van der Waals surface area (Å²) < 4.78 is 0. The molecule has 0 heterocycles. The Bertz CT molecular complexity index is 328. The normalized spacial score (nSPS) is 10.7. The van der Waals surface area contributed by atoms with Gasteiger partial charge in [-0.15, -0.1) is 0 Å². The number of phenolic OH excluding ortho intramolecular Hbond substituents is 1. The summed E-state index contributed by atoms with van der Waals surface area (Å²) in [6.45, 7) is 0. The van der Waals surface area contributed by atoms with Gasteiger partial charge in [-0.1, -0.05) is 65.3 Å². The highest BCUT2D eigenvalue weighted by Gasteiger charge is 2.03. The van der Waals surface area contributed by atoms with E-state index in [9.17, 15) is 5.11 Å². The summed E-state index contributed by atoms with van der Waals surface area (Å²) in [6.07, 6.45) is 8.57. The van der Waals surface area contributed by atoms with E-state index in [0.29, 0.717) is 5.02 Å². The summed E-state index contributed by atoms with van der Waals surface area (Å²) in [4.78, 5) is 0. The fourth-order valence-electron chi connectivity index (χ4n) is 1.88. The number of aromatic hydroxyl groups is 1. The van der Waals surface area contributed by atoms with Crippen molar-refractivity contribution in [3.05, 3.63) is 28.8 Å². The third-order valence-corrected chi connectivity index (χ3v) is 3.89. The van der Waals surface area contributed by atoms with E-state index in [0.717, 1.165) is 23.7 Å². The molecule has 1 rings (SSSR count). The molecule has 1 aromatic rings. The van der Waals surface area contributed by atoms with Crippen molar-refractivity contribution >= 4 is 27.5 Å². The molecule has 0 atom stereocenters. The van der Waals surface area contributed by atoms with E-state index >= 15 is 0 Å². The molecule has 0 bridgehead atoms. The predicted octanol–water partition coefficient (Wildman–Crippen LogP) is 5.32. The lowest BCUT2D eigenvalue weighted by atomic mass is 10.0. The molecule has 0 unspecified atom stereocenters. The fourth-order valence-corrected chi connectivity index (χ4v) is 2.49. The first-order chi connectivity index (χ1) is 8.25. The fraction of sp³-hybridized carbons (Fsp3) is 0.571. The molecule has 17 heavy (non-hydrogen) atoms. The number of hydrogen-bond donors (Lipinski definition) is 1. The molecule has 0 aromatic heterocycles. The zero-order chi connectivity index (χ0) is 12.5. The van der Waals surface area contributed by atoms with Crippen LogP contribution in [0.5, 0.6) is 5.75 Å². The third kappa shape index (κ3) is 5.78. The van der Waals surface area contributed by atoms with Crippen molar-refractivity contribution in [2.24, 2.45) is 0 Å². The molecule has 0 fully saturated rings. The number of phenols is 1. The first kappa shape index (κ1) is 14.8. The van der Waals surface area contributed by atoms with Crippen LogP contribution >= 0.6 is 27.5 Å². The molecule has 0 aliphatic rings. The first-order valence-electron chi connectivity index (χ1n) is 6.28. The van der Waals surface area contributed by atoms with Crippen LogP contribution in [0.2, 0.25) is 5.02 Å². The molecule has 96 valence electrons. The van der Waals surface area contributed by atoms with Crippen LogP contribution in [0.4, 0.5) is 0 Å². The van der Waals surface area contributed by atoms with Gasteiger partial charge in [0.15, 0.2) is 0 Å². The van der Waals surface area contributed by atoms with Crippen LogP contribution in [-0.2, 0) is 6.42 Å². The van der Waals surface area contributed by atoms with Crippen molar-refractivity contribution in [2.75, 3.05) is 5.33 Å². The molecule has 0 aliphatic heterocycles. The van der Waals surface area contributed by atoms with E-state index in [2.05, 4.69) is 15.9 Å². The summed E-state index contributed by atoms with van der Waals surface area (Å²) in [5.41, 5.74) is 1.06. The van der Waals surface area contributed by atoms with E-state index in [1.165, 1.54) is 32.1 Å². The minimum atomic E-state index is 0.196. The molecule has 0 amide bonds. The summed E-state index contributed by atoms with van der Waals surface area (Å²) in [7, 11) is 0. The summed E-state index contributed by atoms with van der Waals surface area (Å²) in [5.74, 6) is 0.196. The smallest absolute Gasteiger partial charge is 0.134 e. The van der Waals surface area contributed by atoms with Crippen molar-refractivity contribution in [3.8, 4) is 5.75 Å². The van der Waals surface area contributed by atoms with Gasteiger partial charge in [0.2, 0.25) is 0 Å². The molecule has 3 heteroatoms. The second-order valence-electron chi connectivity index (χ2n) is 4.31. The molecule has 0 radical (unpaired) electrons. The Balaban J connectivity index is 2.16. The number of aryl methyl sites for hydroxylation is 1. The van der Waals surface area contributed by atoms with E-state index in [1.54, 1.807) is 6.07 Å². The molecule has 0 saturated heterocycles. The van der Waals surface area contributed by atoms with Gasteiger partial charge >= 0.3 is 0 Å². The number of alkyl halides is 1. The van der Waals surface area contributed by atoms with Crippen LogP contribution in [0.1, 0.15) is 44.1 Å². The van der Waals surface area contributed by atoms with Gasteiger partial charge < -0.3 is 5.11 Å². The summed E-state index contributed by atoms with van der Waals surface area (Å²) in [5, 5.41) is 11.1. The zero-order valence-corrected chi connectivity index (χ0v) is 12.4. The monoisotopic (exact) mass is 318 g/mol. The molecule has 1 aromatic carbocycles. The Morgan fingerprint density at radius 1 is 1.00 bits per heavy atom. The molecule has 0 saturated carbocycles. The Hall–Kier alpha value is -0.210. The third-order valence-electron chi connectivity index (χ3n) is 2.89. The van der Waals surface area contributed by atoms with E-state index in [4.69, 9.17) is 11.6 Å². The lowest BCUT2D eigenvalue weighted by Gasteiger charge is -2.05. The maximum atomic E-state index is 9.46. The van der Waals surface area contributed by atoms with Crippen LogP contribution in [0.3, 0.4) is 0 Å². The number of benzene rings is 1. The Kier molecular flexibility index (Phi) is 7.70. The first-order valence-corrected chi connectivity index (χ1v) is 7.78. The van der Waals surface area contributed by atoms with Crippen molar-refractivity contribution in [3.63, 3.8) is 0 Å². The average molecular weight is 320 g/mol. The lowest BCUT2D eigenvalue weighted by Crippen LogP contribution is -1.88. The maximum Gasteiger partial charge on any atom is 0.134 e. The second-order valence-corrected chi connectivity index (χ2v) is 5.48. The van der Waals surface area contributed by atoms with Crippen LogP contribution in [0, 0.1) is 0 Å². The topological polar surface area (TPSA) is 20.2 Å². The molecular formula is C14H20BrClO. The van der Waals surface area contributed by atoms with E-state index < -0.39 is 0 Å². The van der Waals surface area contributed by atoms with Crippen molar-refractivity contribution < 1.29 is 5.11 Å². The number of unbranched alkanes of at least 4 members (excludes halogenated alkanes) is 5. The van der Waals surface area contributed by atoms with Crippen LogP contribution in [0.25, 0.3) is 0 Å². The predicted molar refractivity (Wildman–Crippen MR) is 78.3 cm³/mol. The Labute approximate surface area is 117 Å². The number of rotatable bonds is 8. The quantitative estimate of drug-likeness (QED) is 0.507. The summed E-state index contributed by atoms with van der Waals surface area (Å²) >= 11 is 9.46. The molecule has 1 N–H and O–H groups in total. The van der Waals surface area contributed by atoms with Gasteiger partial charge in [-0.2, -0.15) is 0 Å².